The molecule has 0 aromatic carbocycles. The van der Waals surface area contributed by atoms with Gasteiger partial charge in [0.05, 0.1) is 18.9 Å². The maximum atomic E-state index is 13.6. The van der Waals surface area contributed by atoms with E-state index in [1.54, 1.807) is 6.07 Å². The Hall–Kier alpha value is -3.93. The van der Waals surface area contributed by atoms with Crippen LogP contribution in [0.25, 0.3) is 11.1 Å². The Labute approximate surface area is 229 Å². The van der Waals surface area contributed by atoms with Gasteiger partial charge in [-0.15, -0.1) is 10.2 Å². The monoisotopic (exact) mass is 548 g/mol. The maximum absolute atomic E-state index is 13.6. The molecule has 39 heavy (non-hydrogen) atoms. The van der Waals surface area contributed by atoms with Gasteiger partial charge in [0.25, 0.3) is 12.3 Å². The highest BCUT2D eigenvalue weighted by molar-refractivity contribution is 7.15. The number of anilines is 1. The summed E-state index contributed by atoms with van der Waals surface area (Å²) in [5.74, 6) is 12.8. The van der Waals surface area contributed by atoms with Crippen molar-refractivity contribution in [3.8, 4) is 40.6 Å². The molecule has 1 saturated carbocycles. The molecule has 5 rings (SSSR count). The van der Waals surface area contributed by atoms with E-state index in [0.29, 0.717) is 22.2 Å². The summed E-state index contributed by atoms with van der Waals surface area (Å²) in [6.45, 7) is 1.95. The van der Waals surface area contributed by atoms with Gasteiger partial charge in [-0.25, -0.2) is 13.8 Å². The van der Waals surface area contributed by atoms with Crippen molar-refractivity contribution in [2.45, 2.75) is 32.1 Å². The summed E-state index contributed by atoms with van der Waals surface area (Å²) in [7, 11) is 3.50. The molecule has 1 saturated heterocycles. The molecule has 8 nitrogen and oxygen atoms in total. The summed E-state index contributed by atoms with van der Waals surface area (Å²) >= 11 is 1.16. The number of hydrogen-bond acceptors (Lipinski definition) is 8. The predicted octanol–water partition coefficient (Wildman–Crippen LogP) is 4.65. The molecule has 0 unspecified atom stereocenters. The molecule has 2 fully saturated rings. The number of piperidine rings is 1. The number of aromatic nitrogens is 4. The Bertz CT molecular complexity index is 1490. The number of ether oxygens (including phenoxy) is 1. The highest BCUT2D eigenvalue weighted by Gasteiger charge is 2.22. The van der Waals surface area contributed by atoms with Crippen LogP contribution < -0.4 is 10.1 Å². The summed E-state index contributed by atoms with van der Waals surface area (Å²) in [6, 6.07) is 2.84. The van der Waals surface area contributed by atoms with Crippen LogP contribution in [0.15, 0.2) is 24.5 Å². The van der Waals surface area contributed by atoms with E-state index in [0.717, 1.165) is 50.1 Å². The zero-order valence-electron chi connectivity index (χ0n) is 21.5. The molecule has 3 aromatic heterocycles. The van der Waals surface area contributed by atoms with Gasteiger partial charge in [0.1, 0.15) is 17.1 Å². The van der Waals surface area contributed by atoms with Crippen LogP contribution in [0, 0.1) is 35.5 Å². The van der Waals surface area contributed by atoms with Crippen molar-refractivity contribution in [2.24, 2.45) is 11.8 Å². The lowest BCUT2D eigenvalue weighted by atomic mass is 9.97. The Balaban J connectivity index is 1.48. The molecule has 1 aliphatic heterocycles. The molecule has 0 atom stereocenters. The fraction of sp³-hybridized carbons (Fsp3) is 0.393. The lowest BCUT2D eigenvalue weighted by molar-refractivity contribution is 0.102. The minimum atomic E-state index is -2.80. The largest absolute Gasteiger partial charge is 0.494 e. The lowest BCUT2D eigenvalue weighted by Crippen LogP contribution is -2.29. The molecule has 2 aliphatic rings. The number of likely N-dealkylation sites (tertiary alicyclic amines) is 1. The Morgan fingerprint density at radius 1 is 1.05 bits per heavy atom. The molecule has 4 heterocycles. The highest BCUT2D eigenvalue weighted by atomic mass is 32.1. The number of carbonyl (C=O) groups is 1. The normalized spacial score (nSPS) is 15.7. The molecule has 200 valence electrons. The smallest absolute Gasteiger partial charge is 0.280 e. The molecule has 1 aliphatic carbocycles. The number of amides is 1. The molecule has 1 amide bonds. The predicted molar refractivity (Wildman–Crippen MR) is 144 cm³/mol. The van der Waals surface area contributed by atoms with Gasteiger partial charge < -0.3 is 9.64 Å². The van der Waals surface area contributed by atoms with E-state index < -0.39 is 18.0 Å². The molecule has 0 spiro atoms. The topological polar surface area (TPSA) is 93.1 Å². The van der Waals surface area contributed by atoms with Crippen molar-refractivity contribution >= 4 is 22.4 Å². The molecular formula is C28H26F2N6O2S. The number of carbonyl (C=O) groups excluding carboxylic acids is 1. The van der Waals surface area contributed by atoms with Gasteiger partial charge in [0, 0.05) is 29.2 Å². The van der Waals surface area contributed by atoms with Crippen LogP contribution in [0.2, 0.25) is 0 Å². The molecular weight excluding hydrogens is 522 g/mol. The number of nitrogens with zero attached hydrogens (tertiary/aromatic N) is 5. The second kappa shape index (κ2) is 11.9. The van der Waals surface area contributed by atoms with Crippen LogP contribution in [0.5, 0.6) is 5.75 Å². The van der Waals surface area contributed by atoms with Crippen molar-refractivity contribution in [3.63, 3.8) is 0 Å². The van der Waals surface area contributed by atoms with Crippen LogP contribution in [0.4, 0.5) is 13.9 Å². The molecule has 11 heteroatoms. The number of halogens is 2. The van der Waals surface area contributed by atoms with Crippen molar-refractivity contribution in [1.29, 1.82) is 0 Å². The highest BCUT2D eigenvalue weighted by Crippen LogP contribution is 2.35. The summed E-state index contributed by atoms with van der Waals surface area (Å²) in [4.78, 5) is 23.8. The molecule has 1 N–H and O–H groups in total. The van der Waals surface area contributed by atoms with Crippen LogP contribution in [0.3, 0.4) is 0 Å². The number of hydrogen-bond donors (Lipinski definition) is 1. The first kappa shape index (κ1) is 26.7. The zero-order valence-corrected chi connectivity index (χ0v) is 22.3. The van der Waals surface area contributed by atoms with Crippen LogP contribution in [0.1, 0.15) is 58.9 Å². The second-order valence-corrected chi connectivity index (χ2v) is 10.5. The zero-order chi connectivity index (χ0) is 27.4. The first-order valence-electron chi connectivity index (χ1n) is 12.6. The van der Waals surface area contributed by atoms with Gasteiger partial charge in [-0.2, -0.15) is 0 Å². The van der Waals surface area contributed by atoms with E-state index >= 15 is 0 Å². The third kappa shape index (κ3) is 6.75. The van der Waals surface area contributed by atoms with Gasteiger partial charge >= 0.3 is 0 Å². The third-order valence-electron chi connectivity index (χ3n) is 6.50. The van der Waals surface area contributed by atoms with E-state index in [1.165, 1.54) is 25.6 Å². The fourth-order valence-corrected chi connectivity index (χ4v) is 4.69. The van der Waals surface area contributed by atoms with Crippen molar-refractivity contribution in [1.82, 2.24) is 25.1 Å². The molecule has 3 aromatic rings. The maximum Gasteiger partial charge on any atom is 0.280 e. The number of alkyl halides is 2. The average molecular weight is 549 g/mol. The van der Waals surface area contributed by atoms with E-state index in [1.807, 2.05) is 0 Å². The van der Waals surface area contributed by atoms with E-state index in [2.05, 4.69) is 61.1 Å². The van der Waals surface area contributed by atoms with Gasteiger partial charge in [0.2, 0.25) is 5.13 Å². The van der Waals surface area contributed by atoms with Crippen LogP contribution in [-0.2, 0) is 0 Å². The van der Waals surface area contributed by atoms with E-state index in [4.69, 9.17) is 4.74 Å². The van der Waals surface area contributed by atoms with E-state index in [-0.39, 0.29) is 27.9 Å². The van der Waals surface area contributed by atoms with Crippen molar-refractivity contribution in [2.75, 3.05) is 32.6 Å². The van der Waals surface area contributed by atoms with Gasteiger partial charge in [-0.1, -0.05) is 23.2 Å². The quantitative estimate of drug-likeness (QED) is 0.464. The number of rotatable bonds is 5. The summed E-state index contributed by atoms with van der Waals surface area (Å²) in [5.41, 5.74) is 0.758. The summed E-state index contributed by atoms with van der Waals surface area (Å²) < 4.78 is 32.5. The van der Waals surface area contributed by atoms with Crippen LogP contribution in [-0.4, -0.2) is 58.2 Å². The summed E-state index contributed by atoms with van der Waals surface area (Å²) in [5, 5.41) is 11.5. The van der Waals surface area contributed by atoms with Gasteiger partial charge in [0.15, 0.2) is 5.01 Å². The van der Waals surface area contributed by atoms with E-state index in [9.17, 15) is 13.6 Å². The first-order chi connectivity index (χ1) is 18.9. The first-order valence-corrected chi connectivity index (χ1v) is 13.4. The Kier molecular flexibility index (Phi) is 8.10. The average Bonchev–Trinajstić information content (AvgIpc) is 3.68. The van der Waals surface area contributed by atoms with Crippen LogP contribution >= 0.6 is 11.3 Å². The van der Waals surface area contributed by atoms with Crippen molar-refractivity contribution < 1.29 is 18.3 Å². The second-order valence-electron chi connectivity index (χ2n) is 9.48. The van der Waals surface area contributed by atoms with Crippen molar-refractivity contribution in [3.05, 3.63) is 46.5 Å². The van der Waals surface area contributed by atoms with Gasteiger partial charge in [-0.05, 0) is 69.8 Å². The number of nitrogens with one attached hydrogen (secondary N) is 1. The number of pyridine rings is 2. The Morgan fingerprint density at radius 3 is 2.51 bits per heavy atom. The SMILES string of the molecule is COc1cnc(C(F)F)cc1-c1cc(C#CC2CCN(C)CC2)ncc1C(=O)Nc1nnc(C#CC2CC2)s1. The number of methoxy groups -OCH3 is 1. The minimum absolute atomic E-state index is 0.144. The molecule has 0 bridgehead atoms. The fourth-order valence-electron chi connectivity index (χ4n) is 4.09. The third-order valence-corrected chi connectivity index (χ3v) is 7.25. The Morgan fingerprint density at radius 2 is 1.79 bits per heavy atom. The standard InChI is InChI=1S/C28H26F2N6O2S/c1-36-11-9-18(10-12-36)5-7-19-13-20(21-14-23(26(29)30)32-16-24(21)38-2)22(15-31-19)27(37)33-28-35-34-25(39-28)8-6-17-3-4-17/h13-18,26H,3-4,9-12H2,1-2H3,(H,33,35,37). The molecule has 0 radical (unpaired) electrons. The minimum Gasteiger partial charge on any atom is -0.494 e. The van der Waals surface area contributed by atoms with Gasteiger partial charge in [-0.3, -0.25) is 15.1 Å². The summed E-state index contributed by atoms with van der Waals surface area (Å²) in [6.07, 6.45) is 3.92. The lowest BCUT2D eigenvalue weighted by Gasteiger charge is -2.25.